The van der Waals surface area contributed by atoms with E-state index in [1.54, 1.807) is 0 Å². The highest BCUT2D eigenvalue weighted by molar-refractivity contribution is 5.27. The SMILES string of the molecule is CC(CNC(C)(C)C)COc1cccc(CO)c1. The third-order valence-corrected chi connectivity index (χ3v) is 2.60. The van der Waals surface area contributed by atoms with E-state index in [1.807, 2.05) is 24.3 Å². The molecular formula is C15H25NO2. The number of benzene rings is 1. The van der Waals surface area contributed by atoms with Crippen LogP contribution >= 0.6 is 0 Å². The predicted octanol–water partition coefficient (Wildman–Crippen LogP) is 2.58. The van der Waals surface area contributed by atoms with Gasteiger partial charge in [-0.2, -0.15) is 0 Å². The highest BCUT2D eigenvalue weighted by Gasteiger charge is 2.11. The Labute approximate surface area is 110 Å². The molecule has 2 N–H and O–H groups in total. The second-order valence-electron chi connectivity index (χ2n) is 5.85. The predicted molar refractivity (Wildman–Crippen MR) is 74.8 cm³/mol. The van der Waals surface area contributed by atoms with Gasteiger partial charge in [-0.3, -0.25) is 0 Å². The molecule has 3 heteroatoms. The summed E-state index contributed by atoms with van der Waals surface area (Å²) in [5.74, 6) is 1.27. The van der Waals surface area contributed by atoms with E-state index in [1.165, 1.54) is 0 Å². The molecule has 0 aromatic heterocycles. The Kier molecular flexibility index (Phi) is 5.63. The van der Waals surface area contributed by atoms with Crippen molar-refractivity contribution in [2.45, 2.75) is 39.8 Å². The van der Waals surface area contributed by atoms with E-state index in [0.29, 0.717) is 12.5 Å². The van der Waals surface area contributed by atoms with Gasteiger partial charge in [-0.1, -0.05) is 19.1 Å². The molecule has 0 spiro atoms. The minimum Gasteiger partial charge on any atom is -0.493 e. The summed E-state index contributed by atoms with van der Waals surface area (Å²) in [6, 6.07) is 7.59. The maximum Gasteiger partial charge on any atom is 0.119 e. The molecule has 0 aliphatic rings. The van der Waals surface area contributed by atoms with E-state index >= 15 is 0 Å². The molecule has 18 heavy (non-hydrogen) atoms. The van der Waals surface area contributed by atoms with Gasteiger partial charge in [0.05, 0.1) is 13.2 Å². The number of hydrogen-bond acceptors (Lipinski definition) is 3. The van der Waals surface area contributed by atoms with E-state index in [2.05, 4.69) is 33.0 Å². The second kappa shape index (κ2) is 6.76. The highest BCUT2D eigenvalue weighted by atomic mass is 16.5. The van der Waals surface area contributed by atoms with E-state index in [4.69, 9.17) is 9.84 Å². The van der Waals surface area contributed by atoms with Gasteiger partial charge >= 0.3 is 0 Å². The van der Waals surface area contributed by atoms with Crippen LogP contribution in [0.3, 0.4) is 0 Å². The molecule has 0 fully saturated rings. The van der Waals surface area contributed by atoms with Crippen LogP contribution in [0.4, 0.5) is 0 Å². The van der Waals surface area contributed by atoms with Gasteiger partial charge < -0.3 is 15.2 Å². The van der Waals surface area contributed by atoms with Gasteiger partial charge in [-0.05, 0) is 38.5 Å². The Bertz CT molecular complexity index is 358. The molecular weight excluding hydrogens is 226 g/mol. The molecule has 1 aromatic carbocycles. The maximum absolute atomic E-state index is 9.05. The number of rotatable bonds is 6. The standard InChI is InChI=1S/C15H25NO2/c1-12(9-16-15(2,3)4)11-18-14-7-5-6-13(8-14)10-17/h5-8,12,16-17H,9-11H2,1-4H3. The van der Waals surface area contributed by atoms with Gasteiger partial charge in [0.1, 0.15) is 5.75 Å². The van der Waals surface area contributed by atoms with Crippen molar-refractivity contribution < 1.29 is 9.84 Å². The molecule has 1 rings (SSSR count). The lowest BCUT2D eigenvalue weighted by atomic mass is 10.1. The summed E-state index contributed by atoms with van der Waals surface area (Å²) in [6.45, 7) is 10.3. The largest absolute Gasteiger partial charge is 0.493 e. The van der Waals surface area contributed by atoms with Crippen LogP contribution in [-0.4, -0.2) is 23.8 Å². The van der Waals surface area contributed by atoms with E-state index in [-0.39, 0.29) is 12.1 Å². The first-order valence-electron chi connectivity index (χ1n) is 6.48. The lowest BCUT2D eigenvalue weighted by molar-refractivity contribution is 0.242. The normalized spacial score (nSPS) is 13.4. The Morgan fingerprint density at radius 3 is 2.67 bits per heavy atom. The van der Waals surface area contributed by atoms with Crippen LogP contribution in [0.5, 0.6) is 5.75 Å². The second-order valence-corrected chi connectivity index (χ2v) is 5.85. The molecule has 3 nitrogen and oxygen atoms in total. The van der Waals surface area contributed by atoms with Crippen molar-refractivity contribution in [1.82, 2.24) is 5.32 Å². The topological polar surface area (TPSA) is 41.5 Å². The van der Waals surface area contributed by atoms with Crippen molar-refractivity contribution in [3.8, 4) is 5.75 Å². The molecule has 0 saturated heterocycles. The Morgan fingerprint density at radius 1 is 1.33 bits per heavy atom. The van der Waals surface area contributed by atoms with Gasteiger partial charge in [-0.25, -0.2) is 0 Å². The lowest BCUT2D eigenvalue weighted by Gasteiger charge is -2.23. The van der Waals surface area contributed by atoms with Crippen LogP contribution in [0.15, 0.2) is 24.3 Å². The lowest BCUT2D eigenvalue weighted by Crippen LogP contribution is -2.39. The molecule has 1 unspecified atom stereocenters. The number of aliphatic hydroxyl groups is 1. The average molecular weight is 251 g/mol. The first-order valence-corrected chi connectivity index (χ1v) is 6.48. The summed E-state index contributed by atoms with van der Waals surface area (Å²) in [5.41, 5.74) is 1.03. The summed E-state index contributed by atoms with van der Waals surface area (Å²) >= 11 is 0. The Hall–Kier alpha value is -1.06. The molecule has 0 aliphatic heterocycles. The Morgan fingerprint density at radius 2 is 2.06 bits per heavy atom. The van der Waals surface area contributed by atoms with Crippen molar-refractivity contribution in [3.05, 3.63) is 29.8 Å². The number of hydrogen-bond donors (Lipinski definition) is 2. The molecule has 0 aliphatic carbocycles. The molecule has 0 bridgehead atoms. The zero-order valence-electron chi connectivity index (χ0n) is 11.9. The van der Waals surface area contributed by atoms with Gasteiger partial charge in [-0.15, -0.1) is 0 Å². The smallest absolute Gasteiger partial charge is 0.119 e. The van der Waals surface area contributed by atoms with E-state index in [0.717, 1.165) is 17.9 Å². The maximum atomic E-state index is 9.05. The fraction of sp³-hybridized carbons (Fsp3) is 0.600. The fourth-order valence-corrected chi connectivity index (χ4v) is 1.51. The van der Waals surface area contributed by atoms with Crippen molar-refractivity contribution in [2.24, 2.45) is 5.92 Å². The van der Waals surface area contributed by atoms with Gasteiger partial charge in [0, 0.05) is 18.0 Å². The minimum atomic E-state index is 0.0539. The van der Waals surface area contributed by atoms with Crippen LogP contribution in [0.25, 0.3) is 0 Å². The monoisotopic (exact) mass is 251 g/mol. The summed E-state index contributed by atoms with van der Waals surface area (Å²) in [4.78, 5) is 0. The number of nitrogens with one attached hydrogen (secondary N) is 1. The summed E-state index contributed by atoms with van der Waals surface area (Å²) in [7, 11) is 0. The third kappa shape index (κ3) is 6.03. The summed E-state index contributed by atoms with van der Waals surface area (Å²) in [5, 5.41) is 12.5. The first kappa shape index (κ1) is 15.0. The first-order chi connectivity index (χ1) is 8.40. The molecule has 102 valence electrons. The molecule has 1 aromatic rings. The zero-order valence-corrected chi connectivity index (χ0v) is 11.9. The van der Waals surface area contributed by atoms with Crippen LogP contribution in [0, 0.1) is 5.92 Å². The van der Waals surface area contributed by atoms with Crippen molar-refractivity contribution >= 4 is 0 Å². The highest BCUT2D eigenvalue weighted by Crippen LogP contribution is 2.14. The van der Waals surface area contributed by atoms with Gasteiger partial charge in [0.2, 0.25) is 0 Å². The molecule has 0 radical (unpaired) electrons. The van der Waals surface area contributed by atoms with Crippen LogP contribution in [-0.2, 0) is 6.61 Å². The van der Waals surface area contributed by atoms with Crippen molar-refractivity contribution in [1.29, 1.82) is 0 Å². The molecule has 1 atom stereocenters. The summed E-state index contributed by atoms with van der Waals surface area (Å²) in [6.07, 6.45) is 0. The molecule has 0 amide bonds. The zero-order chi connectivity index (χ0) is 13.6. The number of aliphatic hydroxyl groups excluding tert-OH is 1. The van der Waals surface area contributed by atoms with E-state index in [9.17, 15) is 0 Å². The quantitative estimate of drug-likeness (QED) is 0.816. The van der Waals surface area contributed by atoms with Crippen molar-refractivity contribution in [3.63, 3.8) is 0 Å². The van der Waals surface area contributed by atoms with E-state index < -0.39 is 0 Å². The molecule has 0 heterocycles. The molecule has 0 saturated carbocycles. The minimum absolute atomic E-state index is 0.0539. The van der Waals surface area contributed by atoms with Gasteiger partial charge in [0.25, 0.3) is 0 Å². The third-order valence-electron chi connectivity index (χ3n) is 2.60. The number of ether oxygens (including phenoxy) is 1. The van der Waals surface area contributed by atoms with Gasteiger partial charge in [0.15, 0.2) is 0 Å². The average Bonchev–Trinajstić information content (AvgIpc) is 2.33. The van der Waals surface area contributed by atoms with Crippen LogP contribution in [0.2, 0.25) is 0 Å². The Balaban J connectivity index is 2.35. The summed E-state index contributed by atoms with van der Waals surface area (Å²) < 4.78 is 5.72. The van der Waals surface area contributed by atoms with Crippen molar-refractivity contribution in [2.75, 3.05) is 13.2 Å². The fourth-order valence-electron chi connectivity index (χ4n) is 1.51. The van der Waals surface area contributed by atoms with Crippen LogP contribution < -0.4 is 10.1 Å². The van der Waals surface area contributed by atoms with Crippen LogP contribution in [0.1, 0.15) is 33.3 Å².